The largest absolute Gasteiger partial charge is 0.436 e. The standard InChI is InChI=1S/C11H8BrF2N3O/c12-5-3-6(13)10(14)8(4-5)18-9-2-1-7(15)11(16)17-9/h1-4H,15H2,(H2,16,17). The maximum Gasteiger partial charge on any atom is 0.221 e. The normalized spacial score (nSPS) is 10.4. The van der Waals surface area contributed by atoms with Crippen molar-refractivity contribution < 1.29 is 13.5 Å². The highest BCUT2D eigenvalue weighted by Crippen LogP contribution is 2.29. The van der Waals surface area contributed by atoms with Crippen molar-refractivity contribution in [1.82, 2.24) is 4.98 Å². The van der Waals surface area contributed by atoms with Gasteiger partial charge in [0, 0.05) is 10.5 Å². The SMILES string of the molecule is Nc1ccc(Oc2cc(Br)cc(F)c2F)nc1N. The summed E-state index contributed by atoms with van der Waals surface area (Å²) in [5.41, 5.74) is 11.2. The van der Waals surface area contributed by atoms with E-state index in [9.17, 15) is 8.78 Å². The van der Waals surface area contributed by atoms with Crippen LogP contribution in [0.3, 0.4) is 0 Å². The number of halogens is 3. The van der Waals surface area contributed by atoms with Gasteiger partial charge in [0.25, 0.3) is 0 Å². The smallest absolute Gasteiger partial charge is 0.221 e. The molecule has 1 aromatic heterocycles. The quantitative estimate of drug-likeness (QED) is 0.835. The van der Waals surface area contributed by atoms with Crippen molar-refractivity contribution in [3.8, 4) is 11.6 Å². The minimum atomic E-state index is -1.10. The van der Waals surface area contributed by atoms with Gasteiger partial charge < -0.3 is 16.2 Å². The summed E-state index contributed by atoms with van der Waals surface area (Å²) in [6, 6.07) is 5.15. The van der Waals surface area contributed by atoms with Crippen LogP contribution in [-0.4, -0.2) is 4.98 Å². The Labute approximate surface area is 110 Å². The molecule has 0 bridgehead atoms. The minimum absolute atomic E-state index is 0.0260. The number of pyridine rings is 1. The van der Waals surface area contributed by atoms with Crippen LogP contribution in [0.4, 0.5) is 20.3 Å². The topological polar surface area (TPSA) is 74.2 Å². The van der Waals surface area contributed by atoms with Crippen LogP contribution in [0.1, 0.15) is 0 Å². The van der Waals surface area contributed by atoms with Gasteiger partial charge in [-0.1, -0.05) is 15.9 Å². The number of aromatic nitrogens is 1. The van der Waals surface area contributed by atoms with Crippen molar-refractivity contribution in [1.29, 1.82) is 0 Å². The maximum atomic E-state index is 13.4. The van der Waals surface area contributed by atoms with Crippen LogP contribution >= 0.6 is 15.9 Å². The van der Waals surface area contributed by atoms with E-state index in [1.165, 1.54) is 18.2 Å². The van der Waals surface area contributed by atoms with Gasteiger partial charge in [0.1, 0.15) is 0 Å². The fourth-order valence-electron chi connectivity index (χ4n) is 1.24. The van der Waals surface area contributed by atoms with E-state index in [1.54, 1.807) is 0 Å². The van der Waals surface area contributed by atoms with Crippen LogP contribution < -0.4 is 16.2 Å². The second-order valence-electron chi connectivity index (χ2n) is 3.43. The molecule has 0 saturated carbocycles. The van der Waals surface area contributed by atoms with Gasteiger partial charge in [0.2, 0.25) is 11.7 Å². The van der Waals surface area contributed by atoms with Crippen molar-refractivity contribution in [3.63, 3.8) is 0 Å². The third-order valence-electron chi connectivity index (χ3n) is 2.11. The van der Waals surface area contributed by atoms with Crippen molar-refractivity contribution in [3.05, 3.63) is 40.4 Å². The number of nitrogen functional groups attached to an aromatic ring is 2. The zero-order valence-corrected chi connectivity index (χ0v) is 10.5. The van der Waals surface area contributed by atoms with Crippen LogP contribution in [0.5, 0.6) is 11.6 Å². The predicted molar refractivity (Wildman–Crippen MR) is 67.2 cm³/mol. The maximum absolute atomic E-state index is 13.4. The number of nitrogens with two attached hydrogens (primary N) is 2. The van der Waals surface area contributed by atoms with Gasteiger partial charge in [-0.05, 0) is 18.2 Å². The van der Waals surface area contributed by atoms with Gasteiger partial charge in [-0.3, -0.25) is 0 Å². The summed E-state index contributed by atoms with van der Waals surface area (Å²) in [7, 11) is 0. The predicted octanol–water partition coefficient (Wildman–Crippen LogP) is 3.08. The molecule has 2 aromatic rings. The number of benzene rings is 1. The molecule has 2 rings (SSSR count). The highest BCUT2D eigenvalue weighted by molar-refractivity contribution is 9.10. The Morgan fingerprint density at radius 1 is 1.17 bits per heavy atom. The van der Waals surface area contributed by atoms with Crippen LogP contribution in [0.2, 0.25) is 0 Å². The Morgan fingerprint density at radius 3 is 2.56 bits per heavy atom. The van der Waals surface area contributed by atoms with Gasteiger partial charge in [0.15, 0.2) is 17.4 Å². The van der Waals surface area contributed by atoms with Crippen LogP contribution in [0, 0.1) is 11.6 Å². The molecule has 0 aliphatic heterocycles. The average Bonchev–Trinajstić information content (AvgIpc) is 2.30. The summed E-state index contributed by atoms with van der Waals surface area (Å²) in [4.78, 5) is 3.79. The first-order valence-electron chi connectivity index (χ1n) is 4.82. The zero-order valence-electron chi connectivity index (χ0n) is 8.95. The molecule has 4 nitrogen and oxygen atoms in total. The number of hydrogen-bond acceptors (Lipinski definition) is 4. The fraction of sp³-hybridized carbons (Fsp3) is 0. The van der Waals surface area contributed by atoms with Crippen molar-refractivity contribution >= 4 is 27.4 Å². The summed E-state index contributed by atoms with van der Waals surface area (Å²) in [5.74, 6) is -2.33. The summed E-state index contributed by atoms with van der Waals surface area (Å²) in [6.07, 6.45) is 0. The third kappa shape index (κ3) is 2.51. The molecule has 0 amide bonds. The number of rotatable bonds is 2. The lowest BCUT2D eigenvalue weighted by Gasteiger charge is -2.08. The summed E-state index contributed by atoms with van der Waals surface area (Å²) in [5, 5.41) is 0. The monoisotopic (exact) mass is 315 g/mol. The van der Waals surface area contributed by atoms with E-state index in [4.69, 9.17) is 16.2 Å². The Kier molecular flexibility index (Phi) is 3.33. The molecule has 18 heavy (non-hydrogen) atoms. The van der Waals surface area contributed by atoms with Crippen molar-refractivity contribution in [2.45, 2.75) is 0 Å². The first-order chi connectivity index (χ1) is 8.47. The number of ether oxygens (including phenoxy) is 1. The Bertz CT molecular complexity index is 607. The van der Waals surface area contributed by atoms with Gasteiger partial charge in [-0.15, -0.1) is 0 Å². The lowest BCUT2D eigenvalue weighted by Crippen LogP contribution is -2.00. The van der Waals surface area contributed by atoms with E-state index in [1.807, 2.05) is 0 Å². The van der Waals surface area contributed by atoms with Crippen LogP contribution in [-0.2, 0) is 0 Å². The molecule has 4 N–H and O–H groups in total. The fourth-order valence-corrected chi connectivity index (χ4v) is 1.65. The van der Waals surface area contributed by atoms with E-state index in [0.717, 1.165) is 6.07 Å². The van der Waals surface area contributed by atoms with Gasteiger partial charge in [-0.25, -0.2) is 4.39 Å². The minimum Gasteiger partial charge on any atom is -0.436 e. The molecule has 1 aromatic carbocycles. The molecule has 1 heterocycles. The molecule has 0 radical (unpaired) electrons. The van der Waals surface area contributed by atoms with E-state index in [0.29, 0.717) is 4.47 Å². The van der Waals surface area contributed by atoms with Crippen LogP contribution in [0.15, 0.2) is 28.7 Å². The zero-order chi connectivity index (χ0) is 13.3. The lowest BCUT2D eigenvalue weighted by atomic mass is 10.3. The molecule has 0 fully saturated rings. The summed E-state index contributed by atoms with van der Waals surface area (Å²) < 4.78 is 32.0. The molecule has 0 aliphatic rings. The first kappa shape index (κ1) is 12.6. The second kappa shape index (κ2) is 4.77. The first-order valence-corrected chi connectivity index (χ1v) is 5.61. The van der Waals surface area contributed by atoms with Crippen molar-refractivity contribution in [2.75, 3.05) is 11.5 Å². The summed E-state index contributed by atoms with van der Waals surface area (Å²) in [6.45, 7) is 0. The Morgan fingerprint density at radius 2 is 1.89 bits per heavy atom. The molecule has 0 unspecified atom stereocenters. The molecule has 0 saturated heterocycles. The van der Waals surface area contributed by atoms with E-state index < -0.39 is 11.6 Å². The third-order valence-corrected chi connectivity index (χ3v) is 2.56. The molecule has 94 valence electrons. The summed E-state index contributed by atoms with van der Waals surface area (Å²) >= 11 is 3.03. The number of anilines is 2. The highest BCUT2D eigenvalue weighted by atomic mass is 79.9. The van der Waals surface area contributed by atoms with Crippen LogP contribution in [0.25, 0.3) is 0 Å². The number of hydrogen-bond donors (Lipinski definition) is 2. The number of nitrogens with zero attached hydrogens (tertiary/aromatic N) is 1. The molecular formula is C11H8BrF2N3O. The van der Waals surface area contributed by atoms with Gasteiger partial charge in [-0.2, -0.15) is 9.37 Å². The second-order valence-corrected chi connectivity index (χ2v) is 4.34. The highest BCUT2D eigenvalue weighted by Gasteiger charge is 2.13. The molecule has 0 spiro atoms. The Balaban J connectivity index is 2.36. The average molecular weight is 316 g/mol. The van der Waals surface area contributed by atoms with Crippen molar-refractivity contribution in [2.24, 2.45) is 0 Å². The van der Waals surface area contributed by atoms with E-state index in [2.05, 4.69) is 20.9 Å². The molecular weight excluding hydrogens is 308 g/mol. The molecule has 0 aliphatic carbocycles. The molecule has 0 atom stereocenters. The molecule has 7 heteroatoms. The van der Waals surface area contributed by atoms with E-state index in [-0.39, 0.29) is 23.1 Å². The van der Waals surface area contributed by atoms with Gasteiger partial charge >= 0.3 is 0 Å². The lowest BCUT2D eigenvalue weighted by molar-refractivity contribution is 0.405. The van der Waals surface area contributed by atoms with Gasteiger partial charge in [0.05, 0.1) is 5.69 Å². The van der Waals surface area contributed by atoms with E-state index >= 15 is 0 Å². The Hall–Kier alpha value is -1.89.